The van der Waals surface area contributed by atoms with Crippen LogP contribution in [0.3, 0.4) is 0 Å². The fourth-order valence-electron chi connectivity index (χ4n) is 1.29. The van der Waals surface area contributed by atoms with E-state index in [-0.39, 0.29) is 12.4 Å². The Morgan fingerprint density at radius 2 is 1.71 bits per heavy atom. The van der Waals surface area contributed by atoms with Gasteiger partial charge >= 0.3 is 0 Å². The molecule has 14 heavy (non-hydrogen) atoms. The third-order valence-corrected chi connectivity index (χ3v) is 2.23. The first-order valence-electron chi connectivity index (χ1n) is 5.03. The van der Waals surface area contributed by atoms with Crippen LogP contribution in [-0.2, 0) is 6.54 Å². The van der Waals surface area contributed by atoms with Crippen molar-refractivity contribution >= 4 is 0 Å². The van der Waals surface area contributed by atoms with Crippen LogP contribution in [0.2, 0.25) is 0 Å². The van der Waals surface area contributed by atoms with E-state index in [1.165, 1.54) is 11.1 Å². The summed E-state index contributed by atoms with van der Waals surface area (Å²) >= 11 is 0. The molecule has 0 atom stereocenters. The molecule has 2 heteroatoms. The lowest BCUT2D eigenvalue weighted by atomic mass is 10.0. The van der Waals surface area contributed by atoms with E-state index in [0.717, 1.165) is 13.1 Å². The Bertz CT molecular complexity index is 241. The lowest BCUT2D eigenvalue weighted by Crippen LogP contribution is -3.00. The van der Waals surface area contributed by atoms with Gasteiger partial charge in [-0.05, 0) is 23.6 Å². The zero-order valence-electron chi connectivity index (χ0n) is 9.18. The number of hydrogen-bond acceptors (Lipinski definition) is 1. The average Bonchev–Trinajstić information content (AvgIpc) is 2.15. The SMILES string of the molecule is CCNCc1ccc(C(C)C)cc1.[Cl-]. The quantitative estimate of drug-likeness (QED) is 0.737. The first-order chi connectivity index (χ1) is 6.24. The third kappa shape index (κ3) is 4.12. The van der Waals surface area contributed by atoms with Gasteiger partial charge in [0.15, 0.2) is 0 Å². The Balaban J connectivity index is 0.00000169. The lowest BCUT2D eigenvalue weighted by Gasteiger charge is -2.06. The van der Waals surface area contributed by atoms with E-state index in [2.05, 4.69) is 50.4 Å². The second kappa shape index (κ2) is 6.86. The Hall–Kier alpha value is -0.530. The summed E-state index contributed by atoms with van der Waals surface area (Å²) in [5, 5.41) is 3.31. The van der Waals surface area contributed by atoms with Crippen LogP contribution in [-0.4, -0.2) is 6.54 Å². The molecule has 0 aliphatic heterocycles. The van der Waals surface area contributed by atoms with Crippen molar-refractivity contribution in [3.05, 3.63) is 35.4 Å². The standard InChI is InChI=1S/C12H19N.ClH/c1-4-13-9-11-5-7-12(8-6-11)10(2)3;/h5-8,10,13H,4,9H2,1-3H3;1H/p-1. The minimum Gasteiger partial charge on any atom is -1.00 e. The first-order valence-corrected chi connectivity index (χ1v) is 5.03. The van der Waals surface area contributed by atoms with Crippen LogP contribution >= 0.6 is 0 Å². The predicted octanol–water partition coefficient (Wildman–Crippen LogP) is -0.0765. The maximum Gasteiger partial charge on any atom is 0.0205 e. The highest BCUT2D eigenvalue weighted by Gasteiger charge is 1.97. The van der Waals surface area contributed by atoms with Crippen molar-refractivity contribution in [1.82, 2.24) is 5.32 Å². The van der Waals surface area contributed by atoms with E-state index in [1.54, 1.807) is 0 Å². The van der Waals surface area contributed by atoms with Gasteiger partial charge in [0.25, 0.3) is 0 Å². The molecule has 0 amide bonds. The number of rotatable bonds is 4. The van der Waals surface area contributed by atoms with E-state index in [1.807, 2.05) is 0 Å². The molecule has 1 aromatic rings. The van der Waals surface area contributed by atoms with Crippen LogP contribution in [0.5, 0.6) is 0 Å². The topological polar surface area (TPSA) is 12.0 Å². The van der Waals surface area contributed by atoms with E-state index < -0.39 is 0 Å². The largest absolute Gasteiger partial charge is 1.00 e. The normalized spacial score (nSPS) is 10.0. The van der Waals surface area contributed by atoms with Gasteiger partial charge in [-0.25, -0.2) is 0 Å². The Kier molecular flexibility index (Phi) is 6.60. The van der Waals surface area contributed by atoms with Crippen molar-refractivity contribution in [3.8, 4) is 0 Å². The molecular formula is C12H19ClN-. The zero-order valence-corrected chi connectivity index (χ0v) is 9.93. The van der Waals surface area contributed by atoms with Crippen molar-refractivity contribution in [2.24, 2.45) is 0 Å². The van der Waals surface area contributed by atoms with Gasteiger partial charge in [-0.1, -0.05) is 45.0 Å². The van der Waals surface area contributed by atoms with Gasteiger partial charge in [-0.3, -0.25) is 0 Å². The first kappa shape index (κ1) is 13.5. The van der Waals surface area contributed by atoms with Crippen LogP contribution in [0.15, 0.2) is 24.3 Å². The van der Waals surface area contributed by atoms with E-state index in [0.29, 0.717) is 5.92 Å². The van der Waals surface area contributed by atoms with Gasteiger partial charge in [0.1, 0.15) is 0 Å². The molecule has 0 aliphatic rings. The molecule has 0 heterocycles. The number of nitrogens with one attached hydrogen (secondary N) is 1. The summed E-state index contributed by atoms with van der Waals surface area (Å²) in [4.78, 5) is 0. The summed E-state index contributed by atoms with van der Waals surface area (Å²) in [7, 11) is 0. The minimum atomic E-state index is 0. The summed E-state index contributed by atoms with van der Waals surface area (Å²) in [5.41, 5.74) is 2.78. The number of hydrogen-bond donors (Lipinski definition) is 1. The molecule has 0 aliphatic carbocycles. The average molecular weight is 213 g/mol. The minimum absolute atomic E-state index is 0. The van der Waals surface area contributed by atoms with Gasteiger partial charge in [-0.15, -0.1) is 0 Å². The fraction of sp³-hybridized carbons (Fsp3) is 0.500. The number of halogens is 1. The summed E-state index contributed by atoms with van der Waals surface area (Å²) < 4.78 is 0. The van der Waals surface area contributed by atoms with Crippen molar-refractivity contribution in [3.63, 3.8) is 0 Å². The highest BCUT2D eigenvalue weighted by molar-refractivity contribution is 5.24. The van der Waals surface area contributed by atoms with Crippen LogP contribution < -0.4 is 17.7 Å². The molecule has 80 valence electrons. The second-order valence-electron chi connectivity index (χ2n) is 3.68. The van der Waals surface area contributed by atoms with E-state index >= 15 is 0 Å². The molecule has 0 radical (unpaired) electrons. The van der Waals surface area contributed by atoms with Crippen molar-refractivity contribution in [2.45, 2.75) is 33.2 Å². The van der Waals surface area contributed by atoms with Gasteiger partial charge < -0.3 is 17.7 Å². The summed E-state index contributed by atoms with van der Waals surface area (Å²) in [6, 6.07) is 8.85. The van der Waals surface area contributed by atoms with E-state index in [4.69, 9.17) is 0 Å². The predicted molar refractivity (Wildman–Crippen MR) is 57.9 cm³/mol. The molecule has 0 unspecified atom stereocenters. The monoisotopic (exact) mass is 212 g/mol. The van der Waals surface area contributed by atoms with Crippen LogP contribution in [0, 0.1) is 0 Å². The van der Waals surface area contributed by atoms with Crippen molar-refractivity contribution < 1.29 is 12.4 Å². The number of benzene rings is 1. The molecule has 0 saturated carbocycles. The van der Waals surface area contributed by atoms with Crippen molar-refractivity contribution in [1.29, 1.82) is 0 Å². The second-order valence-corrected chi connectivity index (χ2v) is 3.68. The maximum atomic E-state index is 3.31. The highest BCUT2D eigenvalue weighted by atomic mass is 35.5. The van der Waals surface area contributed by atoms with Crippen LogP contribution in [0.25, 0.3) is 0 Å². The Morgan fingerprint density at radius 1 is 1.14 bits per heavy atom. The Labute approximate surface area is 93.3 Å². The van der Waals surface area contributed by atoms with Gasteiger partial charge in [0, 0.05) is 6.54 Å². The smallest absolute Gasteiger partial charge is 0.0205 e. The fourth-order valence-corrected chi connectivity index (χ4v) is 1.29. The molecule has 1 aromatic carbocycles. The molecule has 0 saturated heterocycles. The summed E-state index contributed by atoms with van der Waals surface area (Å²) in [5.74, 6) is 0.633. The van der Waals surface area contributed by atoms with Gasteiger partial charge in [0.2, 0.25) is 0 Å². The lowest BCUT2D eigenvalue weighted by molar-refractivity contribution is -0.00000295. The molecule has 0 spiro atoms. The third-order valence-electron chi connectivity index (χ3n) is 2.23. The maximum absolute atomic E-state index is 3.31. The molecule has 1 N–H and O–H groups in total. The summed E-state index contributed by atoms with van der Waals surface area (Å²) in [6.07, 6.45) is 0. The zero-order chi connectivity index (χ0) is 9.68. The van der Waals surface area contributed by atoms with Gasteiger partial charge in [-0.2, -0.15) is 0 Å². The molecular weight excluding hydrogens is 194 g/mol. The molecule has 0 fully saturated rings. The molecule has 1 nitrogen and oxygen atoms in total. The van der Waals surface area contributed by atoms with E-state index in [9.17, 15) is 0 Å². The van der Waals surface area contributed by atoms with Gasteiger partial charge in [0.05, 0.1) is 0 Å². The Morgan fingerprint density at radius 3 is 2.14 bits per heavy atom. The van der Waals surface area contributed by atoms with Crippen LogP contribution in [0.1, 0.15) is 37.8 Å². The highest BCUT2D eigenvalue weighted by Crippen LogP contribution is 2.14. The summed E-state index contributed by atoms with van der Waals surface area (Å²) in [6.45, 7) is 8.59. The van der Waals surface area contributed by atoms with Crippen LogP contribution in [0.4, 0.5) is 0 Å². The molecule has 0 bridgehead atoms. The molecule has 0 aromatic heterocycles. The van der Waals surface area contributed by atoms with Crippen molar-refractivity contribution in [2.75, 3.05) is 6.54 Å². The molecule has 1 rings (SSSR count).